The maximum Gasteiger partial charge on any atom is 0.324 e. The van der Waals surface area contributed by atoms with E-state index in [1.54, 1.807) is 27.0 Å². The Labute approximate surface area is 176 Å². The average Bonchev–Trinajstić information content (AvgIpc) is 3.07. The van der Waals surface area contributed by atoms with Gasteiger partial charge in [0.15, 0.2) is 5.92 Å². The van der Waals surface area contributed by atoms with Crippen LogP contribution >= 0.6 is 15.9 Å². The van der Waals surface area contributed by atoms with Crippen LogP contribution in [0.2, 0.25) is 0 Å². The van der Waals surface area contributed by atoms with Crippen molar-refractivity contribution in [3.8, 4) is 5.75 Å². The molecule has 29 heavy (non-hydrogen) atoms. The normalized spacial score (nSPS) is 17.7. The predicted molar refractivity (Wildman–Crippen MR) is 111 cm³/mol. The minimum Gasteiger partial charge on any atom is -0.496 e. The fourth-order valence-electron chi connectivity index (χ4n) is 3.83. The van der Waals surface area contributed by atoms with Crippen molar-refractivity contribution in [2.24, 2.45) is 5.92 Å². The fourth-order valence-corrected chi connectivity index (χ4v) is 4.21. The van der Waals surface area contributed by atoms with E-state index in [-0.39, 0.29) is 0 Å². The zero-order valence-corrected chi connectivity index (χ0v) is 17.8. The number of aromatic nitrogens is 1. The fraction of sp³-hybridized carbons (Fsp3) is 0.273. The first-order chi connectivity index (χ1) is 13.8. The third-order valence-corrected chi connectivity index (χ3v) is 5.51. The van der Waals surface area contributed by atoms with Crippen molar-refractivity contribution >= 4 is 38.8 Å². The van der Waals surface area contributed by atoms with E-state index in [1.165, 1.54) is 0 Å². The molecular weight excluding hydrogens is 438 g/mol. The Morgan fingerprint density at radius 2 is 1.76 bits per heavy atom. The zero-order chi connectivity index (χ0) is 20.8. The van der Waals surface area contributed by atoms with Crippen LogP contribution in [0.3, 0.4) is 0 Å². The van der Waals surface area contributed by atoms with Gasteiger partial charge in [-0.3, -0.25) is 9.59 Å². The number of benzene rings is 2. The van der Waals surface area contributed by atoms with Crippen LogP contribution in [0.5, 0.6) is 5.75 Å². The van der Waals surface area contributed by atoms with E-state index in [0.717, 1.165) is 20.9 Å². The molecular formula is C22H20BrNO5. The third kappa shape index (κ3) is 3.51. The van der Waals surface area contributed by atoms with E-state index in [9.17, 15) is 9.59 Å². The van der Waals surface area contributed by atoms with Gasteiger partial charge in [0.2, 0.25) is 0 Å². The Balaban J connectivity index is 1.95. The molecule has 0 amide bonds. The monoisotopic (exact) mass is 457 g/mol. The van der Waals surface area contributed by atoms with Gasteiger partial charge in [0, 0.05) is 46.9 Å². The average molecular weight is 458 g/mol. The van der Waals surface area contributed by atoms with Gasteiger partial charge in [0.05, 0.1) is 7.11 Å². The molecule has 0 aliphatic carbocycles. The van der Waals surface area contributed by atoms with Crippen LogP contribution in [0.1, 0.15) is 30.9 Å². The van der Waals surface area contributed by atoms with Crippen molar-refractivity contribution in [2.75, 3.05) is 7.11 Å². The summed E-state index contributed by atoms with van der Waals surface area (Å²) in [7, 11) is 1.56. The predicted octanol–water partition coefficient (Wildman–Crippen LogP) is 4.52. The first kappa shape index (κ1) is 19.5. The van der Waals surface area contributed by atoms with Crippen LogP contribution in [-0.2, 0) is 19.1 Å². The number of aromatic amines is 1. The number of ether oxygens (including phenoxy) is 3. The minimum absolute atomic E-state index is 0.564. The van der Waals surface area contributed by atoms with Gasteiger partial charge in [0.1, 0.15) is 5.75 Å². The molecule has 1 aliphatic heterocycles. The van der Waals surface area contributed by atoms with E-state index in [2.05, 4.69) is 20.9 Å². The molecule has 1 saturated heterocycles. The number of nitrogens with one attached hydrogen (secondary N) is 1. The molecule has 1 fully saturated rings. The number of carbonyl (C=O) groups is 2. The van der Waals surface area contributed by atoms with Crippen molar-refractivity contribution in [3.05, 3.63) is 64.3 Å². The summed E-state index contributed by atoms with van der Waals surface area (Å²) in [4.78, 5) is 29.1. The number of hydrogen-bond acceptors (Lipinski definition) is 5. The van der Waals surface area contributed by atoms with E-state index < -0.39 is 29.6 Å². The lowest BCUT2D eigenvalue weighted by atomic mass is 9.79. The lowest BCUT2D eigenvalue weighted by Gasteiger charge is -2.36. The van der Waals surface area contributed by atoms with Gasteiger partial charge in [-0.25, -0.2) is 0 Å². The van der Waals surface area contributed by atoms with Crippen LogP contribution in [0.4, 0.5) is 0 Å². The van der Waals surface area contributed by atoms with Gasteiger partial charge in [0.25, 0.3) is 5.79 Å². The second kappa shape index (κ2) is 7.22. The molecule has 0 radical (unpaired) electrons. The Hall–Kier alpha value is -2.80. The lowest BCUT2D eigenvalue weighted by molar-refractivity contribution is -0.240. The minimum atomic E-state index is -1.29. The van der Waals surface area contributed by atoms with E-state index >= 15 is 0 Å². The molecule has 2 heterocycles. The van der Waals surface area contributed by atoms with Crippen molar-refractivity contribution < 1.29 is 23.8 Å². The largest absolute Gasteiger partial charge is 0.496 e. The SMILES string of the molecule is COc1ccc(Br)cc1[C@H](c1c[nH]c2ccccc12)C1C(=O)OC(C)(C)OC1=O. The second-order valence-corrected chi connectivity index (χ2v) is 8.29. The molecule has 0 unspecified atom stereocenters. The first-order valence-corrected chi connectivity index (χ1v) is 9.95. The molecule has 1 atom stereocenters. The Kier molecular flexibility index (Phi) is 4.86. The highest BCUT2D eigenvalue weighted by atomic mass is 79.9. The number of para-hydroxylation sites is 1. The van der Waals surface area contributed by atoms with Crippen LogP contribution in [-0.4, -0.2) is 29.8 Å². The molecule has 4 rings (SSSR count). The number of rotatable bonds is 4. The summed E-state index contributed by atoms with van der Waals surface area (Å²) in [6.45, 7) is 3.08. The summed E-state index contributed by atoms with van der Waals surface area (Å²) in [5.41, 5.74) is 2.38. The standard InChI is InChI=1S/C22H20BrNO5/c1-22(2)28-20(25)19(21(26)29-22)18(14-10-12(23)8-9-17(14)27-3)15-11-24-16-7-5-4-6-13(15)16/h4-11,18-19,24H,1-3H3/t18-/m1/s1. The molecule has 0 saturated carbocycles. The number of halogens is 1. The maximum absolute atomic E-state index is 13.0. The molecule has 0 bridgehead atoms. The van der Waals surface area contributed by atoms with Crippen molar-refractivity contribution in [2.45, 2.75) is 25.6 Å². The Bertz CT molecular complexity index is 1080. The van der Waals surface area contributed by atoms with Gasteiger partial charge in [-0.15, -0.1) is 0 Å². The number of esters is 2. The van der Waals surface area contributed by atoms with Crippen molar-refractivity contribution in [1.82, 2.24) is 4.98 Å². The molecule has 1 aromatic heterocycles. The van der Waals surface area contributed by atoms with Crippen molar-refractivity contribution in [1.29, 1.82) is 0 Å². The highest BCUT2D eigenvalue weighted by Gasteiger charge is 2.49. The maximum atomic E-state index is 13.0. The summed E-state index contributed by atoms with van der Waals surface area (Å²) < 4.78 is 17.2. The van der Waals surface area contributed by atoms with E-state index in [1.807, 2.05) is 42.6 Å². The summed E-state index contributed by atoms with van der Waals surface area (Å²) in [6.07, 6.45) is 1.82. The molecule has 150 valence electrons. The Morgan fingerprint density at radius 1 is 1.07 bits per heavy atom. The highest BCUT2D eigenvalue weighted by Crippen LogP contribution is 2.44. The zero-order valence-electron chi connectivity index (χ0n) is 16.2. The highest BCUT2D eigenvalue weighted by molar-refractivity contribution is 9.10. The van der Waals surface area contributed by atoms with Crippen LogP contribution < -0.4 is 4.74 Å². The second-order valence-electron chi connectivity index (χ2n) is 7.37. The Morgan fingerprint density at radius 3 is 2.45 bits per heavy atom. The molecule has 1 aliphatic rings. The summed E-state index contributed by atoms with van der Waals surface area (Å²) in [5.74, 6) is -3.79. The number of hydrogen-bond donors (Lipinski definition) is 1. The topological polar surface area (TPSA) is 77.6 Å². The number of cyclic esters (lactones) is 2. The molecule has 0 spiro atoms. The summed E-state index contributed by atoms with van der Waals surface area (Å²) in [5, 5.41) is 0.907. The smallest absolute Gasteiger partial charge is 0.324 e. The molecule has 3 aromatic rings. The van der Waals surface area contributed by atoms with Crippen LogP contribution in [0.25, 0.3) is 10.9 Å². The molecule has 7 heteroatoms. The van der Waals surface area contributed by atoms with Crippen LogP contribution in [0, 0.1) is 5.92 Å². The number of H-pyrrole nitrogens is 1. The number of methoxy groups -OCH3 is 1. The molecule has 2 aromatic carbocycles. The number of carbonyl (C=O) groups excluding carboxylic acids is 2. The van der Waals surface area contributed by atoms with E-state index in [0.29, 0.717) is 11.3 Å². The molecule has 6 nitrogen and oxygen atoms in total. The van der Waals surface area contributed by atoms with Gasteiger partial charge in [-0.1, -0.05) is 34.1 Å². The molecule has 1 N–H and O–H groups in total. The van der Waals surface area contributed by atoms with Gasteiger partial charge in [-0.2, -0.15) is 0 Å². The van der Waals surface area contributed by atoms with Crippen molar-refractivity contribution in [3.63, 3.8) is 0 Å². The van der Waals surface area contributed by atoms with Gasteiger partial charge < -0.3 is 19.2 Å². The third-order valence-electron chi connectivity index (χ3n) is 5.02. The van der Waals surface area contributed by atoms with E-state index in [4.69, 9.17) is 14.2 Å². The number of fused-ring (bicyclic) bond motifs is 1. The summed E-state index contributed by atoms with van der Waals surface area (Å²) >= 11 is 3.48. The first-order valence-electron chi connectivity index (χ1n) is 9.16. The van der Waals surface area contributed by atoms with Crippen LogP contribution in [0.15, 0.2) is 53.1 Å². The summed E-state index contributed by atoms with van der Waals surface area (Å²) in [6, 6.07) is 13.2. The lowest BCUT2D eigenvalue weighted by Crippen LogP contribution is -2.48. The quantitative estimate of drug-likeness (QED) is 0.460. The van der Waals surface area contributed by atoms with Gasteiger partial charge in [-0.05, 0) is 29.8 Å². The van der Waals surface area contributed by atoms with Gasteiger partial charge >= 0.3 is 11.9 Å².